The summed E-state index contributed by atoms with van der Waals surface area (Å²) in [5.74, 6) is 0.261. The normalized spacial score (nSPS) is 13.7. The van der Waals surface area contributed by atoms with Crippen LogP contribution in [0.15, 0.2) is 16.6 Å². The highest BCUT2D eigenvalue weighted by Gasteiger charge is 2.19. The molecular formula is C10H9BrO4. The molecule has 0 spiro atoms. The van der Waals surface area contributed by atoms with Crippen LogP contribution in [-0.2, 0) is 11.2 Å². The highest BCUT2D eigenvalue weighted by Crippen LogP contribution is 2.38. The van der Waals surface area contributed by atoms with Crippen molar-refractivity contribution in [3.8, 4) is 11.5 Å². The third-order valence-corrected chi connectivity index (χ3v) is 2.83. The van der Waals surface area contributed by atoms with Gasteiger partial charge in [-0.25, -0.2) is 0 Å². The van der Waals surface area contributed by atoms with Crippen LogP contribution in [-0.4, -0.2) is 24.3 Å². The van der Waals surface area contributed by atoms with E-state index in [0.29, 0.717) is 30.3 Å². The van der Waals surface area contributed by atoms with E-state index in [2.05, 4.69) is 15.9 Å². The average Bonchev–Trinajstić information content (AvgIpc) is 2.22. The molecule has 0 aromatic heterocycles. The summed E-state index contributed by atoms with van der Waals surface area (Å²) >= 11 is 3.30. The van der Waals surface area contributed by atoms with Crippen LogP contribution in [0.1, 0.15) is 5.56 Å². The van der Waals surface area contributed by atoms with Gasteiger partial charge in [0.1, 0.15) is 13.2 Å². The topological polar surface area (TPSA) is 55.8 Å². The summed E-state index contributed by atoms with van der Waals surface area (Å²) < 4.78 is 11.5. The molecule has 0 radical (unpaired) electrons. The van der Waals surface area contributed by atoms with E-state index >= 15 is 0 Å². The molecule has 1 aromatic carbocycles. The zero-order valence-corrected chi connectivity index (χ0v) is 9.41. The number of hydrogen-bond acceptors (Lipinski definition) is 3. The molecule has 1 aliphatic heterocycles. The van der Waals surface area contributed by atoms with Crippen LogP contribution in [0.25, 0.3) is 0 Å². The minimum atomic E-state index is -0.890. The Morgan fingerprint density at radius 3 is 2.87 bits per heavy atom. The molecule has 0 bridgehead atoms. The summed E-state index contributed by atoms with van der Waals surface area (Å²) in [5.41, 5.74) is 0.625. The van der Waals surface area contributed by atoms with Gasteiger partial charge in [0, 0.05) is 10.0 Å². The quantitative estimate of drug-likeness (QED) is 0.893. The second-order valence-corrected chi connectivity index (χ2v) is 3.97. The van der Waals surface area contributed by atoms with Gasteiger partial charge in [-0.15, -0.1) is 0 Å². The van der Waals surface area contributed by atoms with Crippen LogP contribution in [0.5, 0.6) is 11.5 Å². The number of aliphatic carboxylic acids is 1. The largest absolute Gasteiger partial charge is 0.486 e. The number of benzene rings is 1. The van der Waals surface area contributed by atoms with Crippen LogP contribution < -0.4 is 9.47 Å². The van der Waals surface area contributed by atoms with E-state index in [-0.39, 0.29) is 6.42 Å². The molecule has 1 aliphatic rings. The van der Waals surface area contributed by atoms with Crippen molar-refractivity contribution < 1.29 is 19.4 Å². The molecule has 5 heteroatoms. The second-order valence-electron chi connectivity index (χ2n) is 3.12. The molecule has 0 saturated heterocycles. The molecule has 0 amide bonds. The molecule has 80 valence electrons. The third kappa shape index (κ3) is 2.07. The minimum Gasteiger partial charge on any atom is -0.486 e. The number of fused-ring (bicyclic) bond motifs is 1. The SMILES string of the molecule is O=C(O)Cc1c(Br)ccc2c1OCCO2. The van der Waals surface area contributed by atoms with Crippen LogP contribution >= 0.6 is 15.9 Å². The van der Waals surface area contributed by atoms with Gasteiger partial charge in [0.2, 0.25) is 0 Å². The lowest BCUT2D eigenvalue weighted by Gasteiger charge is -2.21. The molecule has 0 unspecified atom stereocenters. The molecule has 1 aromatic rings. The van der Waals surface area contributed by atoms with Crippen molar-refractivity contribution in [3.63, 3.8) is 0 Å². The van der Waals surface area contributed by atoms with Crippen LogP contribution in [0.3, 0.4) is 0 Å². The van der Waals surface area contributed by atoms with Gasteiger partial charge in [-0.2, -0.15) is 0 Å². The van der Waals surface area contributed by atoms with Gasteiger partial charge < -0.3 is 14.6 Å². The summed E-state index contributed by atoms with van der Waals surface area (Å²) in [4.78, 5) is 10.7. The highest BCUT2D eigenvalue weighted by molar-refractivity contribution is 9.10. The van der Waals surface area contributed by atoms with Crippen molar-refractivity contribution in [2.45, 2.75) is 6.42 Å². The van der Waals surface area contributed by atoms with Gasteiger partial charge >= 0.3 is 5.97 Å². The van der Waals surface area contributed by atoms with Crippen LogP contribution in [0, 0.1) is 0 Å². The Kier molecular flexibility index (Phi) is 2.81. The van der Waals surface area contributed by atoms with Crippen molar-refractivity contribution in [3.05, 3.63) is 22.2 Å². The standard InChI is InChI=1S/C10H9BrO4/c11-7-1-2-8-10(15-4-3-14-8)6(7)5-9(12)13/h1-2H,3-5H2,(H,12,13). The first-order valence-electron chi connectivity index (χ1n) is 4.47. The maximum atomic E-state index is 10.7. The van der Waals surface area contributed by atoms with Crippen molar-refractivity contribution >= 4 is 21.9 Å². The van der Waals surface area contributed by atoms with Crippen molar-refractivity contribution in [2.24, 2.45) is 0 Å². The average molecular weight is 273 g/mol. The first-order chi connectivity index (χ1) is 7.18. The lowest BCUT2D eigenvalue weighted by molar-refractivity contribution is -0.136. The fraction of sp³-hybridized carbons (Fsp3) is 0.300. The van der Waals surface area contributed by atoms with Gasteiger partial charge in [0.05, 0.1) is 6.42 Å². The van der Waals surface area contributed by atoms with Gasteiger partial charge in [-0.05, 0) is 12.1 Å². The maximum absolute atomic E-state index is 10.7. The molecule has 0 aliphatic carbocycles. The smallest absolute Gasteiger partial charge is 0.308 e. The molecule has 4 nitrogen and oxygen atoms in total. The first kappa shape index (κ1) is 10.3. The van der Waals surface area contributed by atoms with E-state index < -0.39 is 5.97 Å². The molecule has 1 N–H and O–H groups in total. The number of carboxylic acid groups (broad SMARTS) is 1. The van der Waals surface area contributed by atoms with Gasteiger partial charge in [-0.3, -0.25) is 4.79 Å². The molecular weight excluding hydrogens is 264 g/mol. The minimum absolute atomic E-state index is 0.0763. The van der Waals surface area contributed by atoms with E-state index in [1.54, 1.807) is 12.1 Å². The van der Waals surface area contributed by atoms with E-state index in [0.717, 1.165) is 4.47 Å². The van der Waals surface area contributed by atoms with Crippen molar-refractivity contribution in [1.29, 1.82) is 0 Å². The lowest BCUT2D eigenvalue weighted by Crippen LogP contribution is -2.17. The van der Waals surface area contributed by atoms with E-state index in [1.807, 2.05) is 0 Å². The Bertz CT molecular complexity index is 403. The van der Waals surface area contributed by atoms with E-state index in [9.17, 15) is 4.79 Å². The number of hydrogen-bond donors (Lipinski definition) is 1. The van der Waals surface area contributed by atoms with Crippen molar-refractivity contribution in [1.82, 2.24) is 0 Å². The molecule has 0 saturated carbocycles. The Balaban J connectivity index is 2.45. The van der Waals surface area contributed by atoms with E-state index in [4.69, 9.17) is 14.6 Å². The zero-order chi connectivity index (χ0) is 10.8. The fourth-order valence-corrected chi connectivity index (χ4v) is 1.92. The highest BCUT2D eigenvalue weighted by atomic mass is 79.9. The monoisotopic (exact) mass is 272 g/mol. The first-order valence-corrected chi connectivity index (χ1v) is 5.26. The molecule has 0 fully saturated rings. The Hall–Kier alpha value is -1.23. The predicted octanol–water partition coefficient (Wildman–Crippen LogP) is 1.85. The maximum Gasteiger partial charge on any atom is 0.308 e. The summed E-state index contributed by atoms with van der Waals surface area (Å²) in [6, 6.07) is 3.54. The van der Waals surface area contributed by atoms with Gasteiger partial charge in [-0.1, -0.05) is 15.9 Å². The van der Waals surface area contributed by atoms with Gasteiger partial charge in [0.15, 0.2) is 11.5 Å². The third-order valence-electron chi connectivity index (χ3n) is 2.08. The predicted molar refractivity (Wildman–Crippen MR) is 56.5 cm³/mol. The van der Waals surface area contributed by atoms with Crippen LogP contribution in [0.4, 0.5) is 0 Å². The second kappa shape index (κ2) is 4.10. The van der Waals surface area contributed by atoms with Crippen molar-refractivity contribution in [2.75, 3.05) is 13.2 Å². The molecule has 15 heavy (non-hydrogen) atoms. The number of carbonyl (C=O) groups is 1. The molecule has 2 rings (SSSR count). The number of carboxylic acids is 1. The summed E-state index contributed by atoms with van der Waals surface area (Å²) in [7, 11) is 0. The Labute approximate surface area is 94.9 Å². The number of rotatable bonds is 2. The summed E-state index contributed by atoms with van der Waals surface area (Å²) in [5, 5.41) is 8.78. The fourth-order valence-electron chi connectivity index (χ4n) is 1.47. The van der Waals surface area contributed by atoms with Crippen LogP contribution in [0.2, 0.25) is 0 Å². The van der Waals surface area contributed by atoms with Gasteiger partial charge in [0.25, 0.3) is 0 Å². The molecule has 1 heterocycles. The molecule has 0 atom stereocenters. The Morgan fingerprint density at radius 1 is 1.40 bits per heavy atom. The summed E-state index contributed by atoms with van der Waals surface area (Å²) in [6.45, 7) is 0.956. The number of ether oxygens (including phenoxy) is 2. The number of halogens is 1. The lowest BCUT2D eigenvalue weighted by atomic mass is 10.1. The van der Waals surface area contributed by atoms with E-state index in [1.165, 1.54) is 0 Å². The summed E-state index contributed by atoms with van der Waals surface area (Å²) in [6.07, 6.45) is -0.0763. The zero-order valence-electron chi connectivity index (χ0n) is 7.83. The Morgan fingerprint density at radius 2 is 2.13 bits per heavy atom.